The molecule has 17 N–H and O–H groups in total. The summed E-state index contributed by atoms with van der Waals surface area (Å²) >= 11 is 2.73. The highest BCUT2D eigenvalue weighted by molar-refractivity contribution is 8.77. The molecule has 378 valence electrons. The van der Waals surface area contributed by atoms with Crippen LogP contribution in [0, 0.1) is 5.92 Å². The van der Waals surface area contributed by atoms with Crippen molar-refractivity contribution in [3.05, 3.63) is 0 Å². The molecule has 67 heavy (non-hydrogen) atoms. The molecule has 9 amide bonds. The van der Waals surface area contributed by atoms with Crippen LogP contribution in [0.4, 0.5) is 0 Å². The summed E-state index contributed by atoms with van der Waals surface area (Å²) in [4.78, 5) is 132. The lowest BCUT2D eigenvalue weighted by atomic mass is 10.0. The zero-order chi connectivity index (χ0) is 50.4. The van der Waals surface area contributed by atoms with E-state index in [-0.39, 0.29) is 86.8 Å². The van der Waals surface area contributed by atoms with Crippen molar-refractivity contribution in [3.63, 3.8) is 0 Å². The van der Waals surface area contributed by atoms with Crippen LogP contribution >= 0.6 is 45.1 Å². The molecule has 2 saturated heterocycles. The van der Waals surface area contributed by atoms with E-state index in [4.69, 9.17) is 28.7 Å². The van der Waals surface area contributed by atoms with Crippen molar-refractivity contribution in [2.75, 3.05) is 49.0 Å². The SMILES string of the molecule is CSCC[C@@H]1NC(=O)[C@H](NC(C)=O)C(C)(C)SSC[C@@H](C(N)=O)NC(=O)CNC(=O)[C@H](CCCN=C(N)N)NC(=O)[C@H](CC(C)C)NC(=O)[C@H](CCCN=C(N)N)NC(=O)[C@@H]2CSCN2C1=O. The molecule has 0 bridgehead atoms. The maximum Gasteiger partial charge on any atom is 0.246 e. The molecule has 0 aromatic heterocycles. The van der Waals surface area contributed by atoms with Gasteiger partial charge in [0.05, 0.1) is 12.4 Å². The molecule has 28 heteroatoms. The predicted molar refractivity (Wildman–Crippen MR) is 264 cm³/mol. The number of hydrogen-bond donors (Lipinski definition) is 12. The smallest absolute Gasteiger partial charge is 0.246 e. The van der Waals surface area contributed by atoms with Crippen LogP contribution in [0.3, 0.4) is 0 Å². The Morgan fingerprint density at radius 1 is 0.776 bits per heavy atom. The minimum atomic E-state index is -1.26. The van der Waals surface area contributed by atoms with Gasteiger partial charge in [-0.25, -0.2) is 0 Å². The lowest BCUT2D eigenvalue weighted by molar-refractivity contribution is -0.142. The lowest BCUT2D eigenvalue weighted by Crippen LogP contribution is -2.61. The molecule has 2 aliphatic heterocycles. The van der Waals surface area contributed by atoms with Gasteiger partial charge in [0.25, 0.3) is 0 Å². The molecule has 0 aliphatic carbocycles. The number of fused-ring (bicyclic) bond motifs is 1. The number of nitrogens with two attached hydrogens (primary N) is 5. The number of hydrogen-bond acceptors (Lipinski definition) is 15. The molecule has 2 aliphatic rings. The van der Waals surface area contributed by atoms with Crippen molar-refractivity contribution in [1.29, 1.82) is 0 Å². The highest BCUT2D eigenvalue weighted by atomic mass is 33.1. The number of guanidine groups is 2. The number of primary amides is 1. The fourth-order valence-electron chi connectivity index (χ4n) is 6.68. The molecular weight excluding hydrogens is 951 g/mol. The maximum atomic E-state index is 14.4. The summed E-state index contributed by atoms with van der Waals surface area (Å²) in [5, 5.41) is 18.6. The molecule has 7 atom stereocenters. The van der Waals surface area contributed by atoms with Gasteiger partial charge < -0.3 is 70.8 Å². The standard InChI is InChI=1S/C39H69N15O9S4/c1-20(2)15-25-33(60)50-22(9-7-12-45-37(41)42)31(58)47-16-28(56)49-26(30(40)57)17-66-67-39(4,5)29(48-21(3)55)35(62)52-24(11-14-64-6)36(63)54-19-65-18-27(54)34(61)51-23(32(59)53-25)10-8-13-46-38(43)44/h20,22-27,29H,7-19H2,1-6H3,(H2,40,57)(H,47,58)(H,48,55)(H,49,56)(H,50,60)(H,51,61)(H,52,62)(H,53,59)(H4,41,42,45)(H4,43,44,46)/t22-,23-,24-,25-,26-,27-,29-/m0/s1. The molecule has 0 aromatic rings. The fourth-order valence-corrected chi connectivity index (χ4v) is 11.1. The van der Waals surface area contributed by atoms with Crippen LogP contribution in [0.2, 0.25) is 0 Å². The van der Waals surface area contributed by atoms with Gasteiger partial charge in [-0.15, -0.1) is 11.8 Å². The Morgan fingerprint density at radius 2 is 1.33 bits per heavy atom. The van der Waals surface area contributed by atoms with Gasteiger partial charge >= 0.3 is 0 Å². The van der Waals surface area contributed by atoms with E-state index in [0.29, 0.717) is 5.75 Å². The van der Waals surface area contributed by atoms with Crippen LogP contribution < -0.4 is 65.9 Å². The van der Waals surface area contributed by atoms with Crippen LogP contribution in [0.5, 0.6) is 0 Å². The average Bonchev–Trinajstić information content (AvgIpc) is 3.74. The molecule has 24 nitrogen and oxygen atoms in total. The quantitative estimate of drug-likeness (QED) is 0.0328. The van der Waals surface area contributed by atoms with E-state index in [1.807, 2.05) is 20.1 Å². The van der Waals surface area contributed by atoms with Gasteiger partial charge in [-0.2, -0.15) is 11.8 Å². The summed E-state index contributed by atoms with van der Waals surface area (Å²) < 4.78 is -1.10. The fraction of sp³-hybridized carbons (Fsp3) is 0.718. The highest BCUT2D eigenvalue weighted by Crippen LogP contribution is 2.39. The molecule has 0 saturated carbocycles. The van der Waals surface area contributed by atoms with Crippen molar-refractivity contribution in [3.8, 4) is 0 Å². The monoisotopic (exact) mass is 1020 g/mol. The first-order valence-corrected chi connectivity index (χ1v) is 26.5. The van der Waals surface area contributed by atoms with Gasteiger partial charge in [-0.05, 0) is 70.3 Å². The van der Waals surface area contributed by atoms with E-state index in [2.05, 4.69) is 47.2 Å². The Bertz CT molecular complexity index is 1820. The third-order valence-electron chi connectivity index (χ3n) is 10.1. The molecular formula is C39H69N15O9S4. The zero-order valence-corrected chi connectivity index (χ0v) is 42.1. The minimum absolute atomic E-state index is 0.000384. The van der Waals surface area contributed by atoms with Crippen LogP contribution in [-0.2, 0) is 43.2 Å². The maximum absolute atomic E-state index is 14.4. The molecule has 0 spiro atoms. The van der Waals surface area contributed by atoms with Crippen molar-refractivity contribution in [2.24, 2.45) is 44.6 Å². The average molecular weight is 1020 g/mol. The van der Waals surface area contributed by atoms with Gasteiger partial charge in [-0.3, -0.25) is 53.1 Å². The summed E-state index contributed by atoms with van der Waals surface area (Å²) in [5.41, 5.74) is 27.6. The number of carbonyl (C=O) groups excluding carboxylic acids is 9. The molecule has 0 radical (unpaired) electrons. The third-order valence-corrected chi connectivity index (χ3v) is 15.1. The van der Waals surface area contributed by atoms with Crippen molar-refractivity contribution in [2.45, 2.75) is 120 Å². The predicted octanol–water partition coefficient (Wildman–Crippen LogP) is -3.50. The van der Waals surface area contributed by atoms with E-state index < -0.39 is 107 Å². The van der Waals surface area contributed by atoms with Gasteiger partial charge in [0.2, 0.25) is 53.2 Å². The lowest BCUT2D eigenvalue weighted by Gasteiger charge is -2.35. The first-order valence-electron chi connectivity index (χ1n) is 21.6. The normalized spacial score (nSPS) is 25.3. The largest absolute Gasteiger partial charge is 0.370 e. The number of nitrogens with zero attached hydrogens (tertiary/aromatic N) is 3. The van der Waals surface area contributed by atoms with Crippen molar-refractivity contribution in [1.82, 2.24) is 42.1 Å². The van der Waals surface area contributed by atoms with Gasteiger partial charge in [0, 0.05) is 36.3 Å². The van der Waals surface area contributed by atoms with E-state index in [1.54, 1.807) is 13.8 Å². The second kappa shape index (κ2) is 29.1. The second-order valence-corrected chi connectivity index (χ2v) is 21.7. The van der Waals surface area contributed by atoms with Gasteiger partial charge in [0.1, 0.15) is 42.3 Å². The van der Waals surface area contributed by atoms with Crippen molar-refractivity contribution < 1.29 is 43.2 Å². The Balaban J connectivity index is 2.68. The number of aliphatic imine (C=N–C) groups is 2. The summed E-state index contributed by atoms with van der Waals surface area (Å²) in [7, 11) is 2.20. The van der Waals surface area contributed by atoms with E-state index in [1.165, 1.54) is 35.3 Å². The first kappa shape index (κ1) is 58.3. The summed E-state index contributed by atoms with van der Waals surface area (Å²) in [6.07, 6.45) is 2.54. The topological polar surface area (TPSA) is 396 Å². The Morgan fingerprint density at radius 3 is 1.88 bits per heavy atom. The number of amides is 9. The van der Waals surface area contributed by atoms with Crippen LogP contribution in [-0.4, -0.2) is 166 Å². The summed E-state index contributed by atoms with van der Waals surface area (Å²) in [6.45, 7) is 7.78. The first-order chi connectivity index (χ1) is 31.5. The molecule has 0 unspecified atom stereocenters. The molecule has 2 fully saturated rings. The van der Waals surface area contributed by atoms with E-state index in [0.717, 1.165) is 21.6 Å². The second-order valence-electron chi connectivity index (χ2n) is 16.7. The number of rotatable bonds is 15. The molecule has 2 rings (SSSR count). The Hall–Kier alpha value is -4.83. The molecule has 2 heterocycles. The number of carbonyl (C=O) groups is 9. The van der Waals surface area contributed by atoms with Crippen LogP contribution in [0.15, 0.2) is 9.98 Å². The number of thioether (sulfide) groups is 2. The Kier molecular flexibility index (Phi) is 25.4. The summed E-state index contributed by atoms with van der Waals surface area (Å²) in [5.74, 6) is -6.32. The van der Waals surface area contributed by atoms with Gasteiger partial charge in [-0.1, -0.05) is 35.4 Å². The van der Waals surface area contributed by atoms with E-state index >= 15 is 0 Å². The van der Waals surface area contributed by atoms with Crippen LogP contribution in [0.25, 0.3) is 0 Å². The van der Waals surface area contributed by atoms with E-state index in [9.17, 15) is 43.2 Å². The summed E-state index contributed by atoms with van der Waals surface area (Å²) in [6, 6.07) is -8.40. The van der Waals surface area contributed by atoms with Crippen molar-refractivity contribution >= 4 is 110 Å². The molecule has 0 aromatic carbocycles. The van der Waals surface area contributed by atoms with Gasteiger partial charge in [0.15, 0.2) is 11.9 Å². The number of nitrogens with one attached hydrogen (secondary N) is 7. The highest BCUT2D eigenvalue weighted by Gasteiger charge is 2.43. The minimum Gasteiger partial charge on any atom is -0.370 e. The Labute approximate surface area is 407 Å². The third kappa shape index (κ3) is 20.9. The van der Waals surface area contributed by atoms with Crippen LogP contribution in [0.1, 0.15) is 73.1 Å². The zero-order valence-electron chi connectivity index (χ0n) is 38.8.